The van der Waals surface area contributed by atoms with Gasteiger partial charge in [-0.05, 0) is 27.8 Å². The summed E-state index contributed by atoms with van der Waals surface area (Å²) in [5.41, 5.74) is 4.21. The molecule has 0 radical (unpaired) electrons. The molecule has 3 aromatic rings. The summed E-state index contributed by atoms with van der Waals surface area (Å²) in [4.78, 5) is 22.7. The van der Waals surface area contributed by atoms with E-state index >= 15 is 0 Å². The standard InChI is InChI=1S/C22H17NO5/c1-27-22(24)21-20(28-21)19-17(14-7-3-2-4-8-14)11-6-12-18(19)15-9-5-10-16(13-15)23(25)26/h2-13,20-21H,1H3/t20-,21+/m0/s1. The van der Waals surface area contributed by atoms with Crippen LogP contribution in [0.15, 0.2) is 72.8 Å². The van der Waals surface area contributed by atoms with E-state index < -0.39 is 23.1 Å². The Bertz CT molecular complexity index is 1050. The number of hydrogen-bond acceptors (Lipinski definition) is 5. The monoisotopic (exact) mass is 375 g/mol. The van der Waals surface area contributed by atoms with E-state index in [-0.39, 0.29) is 5.69 Å². The second-order valence-corrected chi connectivity index (χ2v) is 6.44. The lowest BCUT2D eigenvalue weighted by Gasteiger charge is -2.14. The van der Waals surface area contributed by atoms with Gasteiger partial charge in [-0.25, -0.2) is 4.79 Å². The molecule has 140 valence electrons. The van der Waals surface area contributed by atoms with Crippen molar-refractivity contribution in [3.63, 3.8) is 0 Å². The van der Waals surface area contributed by atoms with Gasteiger partial charge in [0.25, 0.3) is 5.69 Å². The zero-order valence-electron chi connectivity index (χ0n) is 15.1. The molecule has 1 saturated heterocycles. The van der Waals surface area contributed by atoms with E-state index in [1.807, 2.05) is 54.6 Å². The fourth-order valence-corrected chi connectivity index (χ4v) is 3.41. The topological polar surface area (TPSA) is 82.0 Å². The van der Waals surface area contributed by atoms with Crippen LogP contribution in [0.5, 0.6) is 0 Å². The summed E-state index contributed by atoms with van der Waals surface area (Å²) < 4.78 is 10.5. The van der Waals surface area contributed by atoms with Crippen molar-refractivity contribution < 1.29 is 19.2 Å². The number of benzene rings is 3. The first-order chi connectivity index (χ1) is 13.6. The van der Waals surface area contributed by atoms with E-state index in [1.54, 1.807) is 6.07 Å². The molecule has 0 unspecified atom stereocenters. The van der Waals surface area contributed by atoms with Gasteiger partial charge in [0.05, 0.1) is 12.0 Å². The predicted octanol–water partition coefficient (Wildman–Crippen LogP) is 4.54. The SMILES string of the molecule is COC(=O)[C@@H]1O[C@H]1c1c(-c2ccccc2)cccc1-c1cccc([N+](=O)[O-])c1. The first-order valence-corrected chi connectivity index (χ1v) is 8.76. The van der Waals surface area contributed by atoms with Crippen LogP contribution in [0, 0.1) is 10.1 Å². The molecule has 4 rings (SSSR count). The highest BCUT2D eigenvalue weighted by atomic mass is 16.6. The second-order valence-electron chi connectivity index (χ2n) is 6.44. The van der Waals surface area contributed by atoms with Crippen LogP contribution in [0.3, 0.4) is 0 Å². The summed E-state index contributed by atoms with van der Waals surface area (Å²) in [6.07, 6.45) is -1.13. The summed E-state index contributed by atoms with van der Waals surface area (Å²) in [6, 6.07) is 21.9. The number of hydrogen-bond donors (Lipinski definition) is 0. The molecule has 0 spiro atoms. The fourth-order valence-electron chi connectivity index (χ4n) is 3.41. The molecule has 6 heteroatoms. The molecule has 1 aliphatic rings. The number of methoxy groups -OCH3 is 1. The normalized spacial score (nSPS) is 17.8. The van der Waals surface area contributed by atoms with Gasteiger partial charge in [0, 0.05) is 12.1 Å². The van der Waals surface area contributed by atoms with Crippen LogP contribution in [0.1, 0.15) is 11.7 Å². The summed E-state index contributed by atoms with van der Waals surface area (Å²) in [5, 5.41) is 11.2. The quantitative estimate of drug-likeness (QED) is 0.283. The van der Waals surface area contributed by atoms with Gasteiger partial charge in [0.15, 0.2) is 6.10 Å². The fraction of sp³-hybridized carbons (Fsp3) is 0.136. The Morgan fingerprint density at radius 1 is 0.964 bits per heavy atom. The highest BCUT2D eigenvalue weighted by Gasteiger charge is 2.49. The van der Waals surface area contributed by atoms with Crippen LogP contribution < -0.4 is 0 Å². The van der Waals surface area contributed by atoms with Gasteiger partial charge in [0.1, 0.15) is 6.10 Å². The molecule has 0 N–H and O–H groups in total. The third kappa shape index (κ3) is 3.25. The van der Waals surface area contributed by atoms with E-state index in [0.29, 0.717) is 5.56 Å². The second kappa shape index (κ2) is 7.25. The Morgan fingerprint density at radius 2 is 1.61 bits per heavy atom. The summed E-state index contributed by atoms with van der Waals surface area (Å²) >= 11 is 0. The number of carbonyl (C=O) groups is 1. The minimum Gasteiger partial charge on any atom is -0.467 e. The number of non-ortho nitro benzene ring substituents is 1. The summed E-state index contributed by atoms with van der Waals surface area (Å²) in [7, 11) is 1.33. The predicted molar refractivity (Wildman–Crippen MR) is 104 cm³/mol. The van der Waals surface area contributed by atoms with Gasteiger partial charge in [-0.2, -0.15) is 0 Å². The molecule has 6 nitrogen and oxygen atoms in total. The van der Waals surface area contributed by atoms with E-state index in [2.05, 4.69) is 0 Å². The zero-order chi connectivity index (χ0) is 19.7. The van der Waals surface area contributed by atoms with Gasteiger partial charge in [-0.1, -0.05) is 60.7 Å². The molecule has 0 bridgehead atoms. The number of nitro groups is 1. The number of rotatable bonds is 5. The van der Waals surface area contributed by atoms with Crippen molar-refractivity contribution in [3.05, 3.63) is 88.5 Å². The van der Waals surface area contributed by atoms with Crippen LogP contribution in [-0.2, 0) is 14.3 Å². The molecular weight excluding hydrogens is 358 g/mol. The average molecular weight is 375 g/mol. The summed E-state index contributed by atoms with van der Waals surface area (Å²) in [5.74, 6) is -0.433. The molecule has 28 heavy (non-hydrogen) atoms. The highest BCUT2D eigenvalue weighted by Crippen LogP contribution is 2.48. The molecule has 0 aliphatic carbocycles. The molecule has 0 aromatic heterocycles. The van der Waals surface area contributed by atoms with Crippen molar-refractivity contribution in [1.82, 2.24) is 0 Å². The van der Waals surface area contributed by atoms with Crippen molar-refractivity contribution in [2.75, 3.05) is 7.11 Å². The van der Waals surface area contributed by atoms with Crippen LogP contribution in [-0.4, -0.2) is 24.1 Å². The maximum atomic E-state index is 12.0. The first kappa shape index (κ1) is 17.9. The van der Waals surface area contributed by atoms with Crippen LogP contribution in [0.2, 0.25) is 0 Å². The van der Waals surface area contributed by atoms with Gasteiger partial charge in [0.2, 0.25) is 0 Å². The number of esters is 1. The van der Waals surface area contributed by atoms with E-state index in [9.17, 15) is 14.9 Å². The Balaban J connectivity index is 1.89. The highest BCUT2D eigenvalue weighted by molar-refractivity contribution is 5.85. The molecule has 3 aromatic carbocycles. The van der Waals surface area contributed by atoms with Gasteiger partial charge in [-0.3, -0.25) is 10.1 Å². The number of nitrogens with zero attached hydrogens (tertiary/aromatic N) is 1. The van der Waals surface area contributed by atoms with Crippen LogP contribution in [0.25, 0.3) is 22.3 Å². The third-order valence-corrected chi connectivity index (χ3v) is 4.77. The van der Waals surface area contributed by atoms with E-state index in [0.717, 1.165) is 22.3 Å². The molecule has 1 fully saturated rings. The molecule has 0 saturated carbocycles. The molecule has 0 amide bonds. The van der Waals surface area contributed by atoms with Crippen molar-refractivity contribution in [3.8, 4) is 22.3 Å². The minimum atomic E-state index is -0.674. The Hall–Kier alpha value is -3.51. The number of carbonyl (C=O) groups excluding carboxylic acids is 1. The minimum absolute atomic E-state index is 0.00907. The van der Waals surface area contributed by atoms with Crippen molar-refractivity contribution in [2.24, 2.45) is 0 Å². The molecule has 2 atom stereocenters. The third-order valence-electron chi connectivity index (χ3n) is 4.77. The Labute approximate surface area is 161 Å². The lowest BCUT2D eigenvalue weighted by Crippen LogP contribution is -2.10. The van der Waals surface area contributed by atoms with Crippen molar-refractivity contribution in [2.45, 2.75) is 12.2 Å². The van der Waals surface area contributed by atoms with Crippen molar-refractivity contribution in [1.29, 1.82) is 0 Å². The Kier molecular flexibility index (Phi) is 4.63. The van der Waals surface area contributed by atoms with E-state index in [4.69, 9.17) is 9.47 Å². The zero-order valence-corrected chi connectivity index (χ0v) is 15.1. The number of epoxide rings is 1. The lowest BCUT2D eigenvalue weighted by molar-refractivity contribution is -0.384. The molecule has 1 heterocycles. The number of ether oxygens (including phenoxy) is 2. The lowest BCUT2D eigenvalue weighted by atomic mass is 9.89. The number of nitro benzene ring substituents is 1. The maximum absolute atomic E-state index is 12.0. The van der Waals surface area contributed by atoms with Gasteiger partial charge in [-0.15, -0.1) is 0 Å². The van der Waals surface area contributed by atoms with Crippen molar-refractivity contribution >= 4 is 11.7 Å². The molecular formula is C22H17NO5. The average Bonchev–Trinajstić information content (AvgIpc) is 3.54. The van der Waals surface area contributed by atoms with E-state index in [1.165, 1.54) is 19.2 Å². The summed E-state index contributed by atoms with van der Waals surface area (Å²) in [6.45, 7) is 0. The largest absolute Gasteiger partial charge is 0.467 e. The van der Waals surface area contributed by atoms with Gasteiger partial charge >= 0.3 is 5.97 Å². The first-order valence-electron chi connectivity index (χ1n) is 8.76. The maximum Gasteiger partial charge on any atom is 0.338 e. The van der Waals surface area contributed by atoms with Crippen LogP contribution in [0.4, 0.5) is 5.69 Å². The molecule has 1 aliphatic heterocycles. The smallest absolute Gasteiger partial charge is 0.338 e. The Morgan fingerprint density at radius 3 is 2.29 bits per heavy atom. The van der Waals surface area contributed by atoms with Gasteiger partial charge < -0.3 is 9.47 Å². The van der Waals surface area contributed by atoms with Crippen LogP contribution >= 0.6 is 0 Å².